The number of phenols is 3. The topological polar surface area (TPSA) is 118 Å². The monoisotopic (exact) mass is 228 g/mol. The lowest BCUT2D eigenvalue weighted by Gasteiger charge is -2.15. The molecule has 16 heavy (non-hydrogen) atoms. The highest BCUT2D eigenvalue weighted by molar-refractivity contribution is 5.92. The zero-order valence-electron chi connectivity index (χ0n) is 8.51. The van der Waals surface area contributed by atoms with Crippen LogP contribution in [0.5, 0.6) is 17.2 Å². The van der Waals surface area contributed by atoms with Crippen LogP contribution in [0.4, 0.5) is 0 Å². The van der Waals surface area contributed by atoms with Gasteiger partial charge in [-0.3, -0.25) is 0 Å². The summed E-state index contributed by atoms with van der Waals surface area (Å²) >= 11 is 0. The van der Waals surface area contributed by atoms with Crippen LogP contribution in [0.1, 0.15) is 35.4 Å². The van der Waals surface area contributed by atoms with Crippen LogP contribution in [0.25, 0.3) is 0 Å². The number of hydrogen-bond donors (Lipinski definition) is 5. The summed E-state index contributed by atoms with van der Waals surface area (Å²) in [5.41, 5.74) is -0.743. The van der Waals surface area contributed by atoms with Gasteiger partial charge in [-0.25, -0.2) is 4.79 Å². The van der Waals surface area contributed by atoms with Gasteiger partial charge in [0.15, 0.2) is 11.5 Å². The number of benzene rings is 1. The molecule has 0 heterocycles. The minimum Gasteiger partial charge on any atom is -0.504 e. The first-order valence-corrected chi connectivity index (χ1v) is 4.59. The van der Waals surface area contributed by atoms with Crippen molar-refractivity contribution < 1.29 is 30.3 Å². The predicted molar refractivity (Wildman–Crippen MR) is 53.6 cm³/mol. The fourth-order valence-electron chi connectivity index (χ4n) is 1.38. The maximum absolute atomic E-state index is 10.8. The van der Waals surface area contributed by atoms with E-state index in [-0.39, 0.29) is 12.0 Å². The number of carboxylic acid groups (broad SMARTS) is 1. The highest BCUT2D eigenvalue weighted by atomic mass is 16.4. The Morgan fingerprint density at radius 1 is 1.31 bits per heavy atom. The van der Waals surface area contributed by atoms with Gasteiger partial charge < -0.3 is 25.5 Å². The fourth-order valence-corrected chi connectivity index (χ4v) is 1.38. The standard InChI is InChI=1S/C10H12O6/c1-2-5(11)7-4(10(15)16)3-6(12)8(13)9(7)14/h3,5,11-14H,2H2,1H3,(H,15,16). The zero-order valence-corrected chi connectivity index (χ0v) is 8.51. The maximum atomic E-state index is 10.8. The Morgan fingerprint density at radius 3 is 2.31 bits per heavy atom. The van der Waals surface area contributed by atoms with E-state index in [9.17, 15) is 20.1 Å². The predicted octanol–water partition coefficient (Wildman–Crippen LogP) is 0.945. The minimum absolute atomic E-state index is 0.165. The lowest BCUT2D eigenvalue weighted by molar-refractivity contribution is 0.0686. The molecule has 1 aromatic carbocycles. The summed E-state index contributed by atoms with van der Waals surface area (Å²) in [6.45, 7) is 1.58. The van der Waals surface area contributed by atoms with Crippen molar-refractivity contribution in [2.24, 2.45) is 0 Å². The number of phenolic OH excluding ortho intramolecular Hbond substituents is 3. The molecule has 0 aromatic heterocycles. The Hall–Kier alpha value is -1.95. The van der Waals surface area contributed by atoms with E-state index in [0.717, 1.165) is 6.07 Å². The molecule has 6 heteroatoms. The quantitative estimate of drug-likeness (QED) is 0.491. The number of carboxylic acids is 1. The molecule has 0 spiro atoms. The highest BCUT2D eigenvalue weighted by Crippen LogP contribution is 2.42. The zero-order chi connectivity index (χ0) is 12.5. The Morgan fingerprint density at radius 2 is 1.88 bits per heavy atom. The van der Waals surface area contributed by atoms with Crippen LogP contribution < -0.4 is 0 Å². The smallest absolute Gasteiger partial charge is 0.336 e. The number of aromatic hydroxyl groups is 3. The van der Waals surface area contributed by atoms with Gasteiger partial charge in [-0.2, -0.15) is 0 Å². The molecule has 1 unspecified atom stereocenters. The van der Waals surface area contributed by atoms with Crippen molar-refractivity contribution in [3.63, 3.8) is 0 Å². The van der Waals surface area contributed by atoms with Crippen LogP contribution in [0.15, 0.2) is 6.07 Å². The van der Waals surface area contributed by atoms with Crippen LogP contribution in [0, 0.1) is 0 Å². The van der Waals surface area contributed by atoms with Crippen LogP contribution >= 0.6 is 0 Å². The molecule has 0 aliphatic heterocycles. The molecular weight excluding hydrogens is 216 g/mol. The van der Waals surface area contributed by atoms with Crippen LogP contribution in [-0.4, -0.2) is 31.5 Å². The number of rotatable bonds is 3. The third-order valence-corrected chi connectivity index (χ3v) is 2.24. The van der Waals surface area contributed by atoms with Crippen molar-refractivity contribution in [2.75, 3.05) is 0 Å². The average molecular weight is 228 g/mol. The second-order valence-electron chi connectivity index (χ2n) is 3.28. The molecule has 0 bridgehead atoms. The van der Waals surface area contributed by atoms with Crippen molar-refractivity contribution in [1.29, 1.82) is 0 Å². The summed E-state index contributed by atoms with van der Waals surface area (Å²) in [6.07, 6.45) is -1.06. The van der Waals surface area contributed by atoms with E-state index < -0.39 is 34.9 Å². The molecule has 1 aromatic rings. The number of aromatic carboxylic acids is 1. The molecule has 6 nitrogen and oxygen atoms in total. The Bertz CT molecular complexity index is 426. The largest absolute Gasteiger partial charge is 0.504 e. The molecule has 1 rings (SSSR count). The molecule has 0 radical (unpaired) electrons. The molecule has 0 aliphatic carbocycles. The first-order chi connectivity index (χ1) is 7.40. The molecule has 0 amide bonds. The molecule has 0 saturated carbocycles. The van der Waals surface area contributed by atoms with E-state index in [1.807, 2.05) is 0 Å². The van der Waals surface area contributed by atoms with E-state index in [4.69, 9.17) is 10.2 Å². The third-order valence-electron chi connectivity index (χ3n) is 2.24. The summed E-state index contributed by atoms with van der Waals surface area (Å²) < 4.78 is 0. The van der Waals surface area contributed by atoms with Crippen LogP contribution in [-0.2, 0) is 0 Å². The molecule has 0 fully saturated rings. The van der Waals surface area contributed by atoms with E-state index in [1.54, 1.807) is 6.92 Å². The van der Waals surface area contributed by atoms with E-state index in [0.29, 0.717) is 0 Å². The number of aliphatic hydroxyl groups excluding tert-OH is 1. The summed E-state index contributed by atoms with van der Waals surface area (Å²) in [6, 6.07) is 0.783. The molecule has 88 valence electrons. The van der Waals surface area contributed by atoms with Gasteiger partial charge in [0.25, 0.3) is 0 Å². The first kappa shape index (κ1) is 12.1. The van der Waals surface area contributed by atoms with Gasteiger partial charge in [0.1, 0.15) is 0 Å². The number of carbonyl (C=O) groups is 1. The summed E-state index contributed by atoms with van der Waals surface area (Å²) in [4.78, 5) is 10.8. The van der Waals surface area contributed by atoms with Crippen molar-refractivity contribution in [1.82, 2.24) is 0 Å². The minimum atomic E-state index is -1.41. The van der Waals surface area contributed by atoms with Gasteiger partial charge in [0.2, 0.25) is 5.75 Å². The summed E-state index contributed by atoms with van der Waals surface area (Å²) in [5.74, 6) is -3.81. The molecular formula is C10H12O6. The van der Waals surface area contributed by atoms with E-state index >= 15 is 0 Å². The van der Waals surface area contributed by atoms with Gasteiger partial charge in [-0.1, -0.05) is 6.92 Å². The maximum Gasteiger partial charge on any atom is 0.336 e. The highest BCUT2D eigenvalue weighted by Gasteiger charge is 2.25. The Balaban J connectivity index is 3.54. The Labute approximate surface area is 91.0 Å². The summed E-state index contributed by atoms with van der Waals surface area (Å²) in [7, 11) is 0. The van der Waals surface area contributed by atoms with Gasteiger partial charge in [0.05, 0.1) is 11.7 Å². The van der Waals surface area contributed by atoms with Crippen molar-refractivity contribution in [3.8, 4) is 17.2 Å². The second-order valence-corrected chi connectivity index (χ2v) is 3.28. The van der Waals surface area contributed by atoms with Gasteiger partial charge in [-0.05, 0) is 12.5 Å². The normalized spacial score (nSPS) is 12.4. The fraction of sp³-hybridized carbons (Fsp3) is 0.300. The van der Waals surface area contributed by atoms with Crippen molar-refractivity contribution >= 4 is 5.97 Å². The van der Waals surface area contributed by atoms with Gasteiger partial charge in [0, 0.05) is 5.56 Å². The number of aliphatic hydroxyl groups is 1. The number of hydrogen-bond acceptors (Lipinski definition) is 5. The SMILES string of the molecule is CCC(O)c1c(C(=O)O)cc(O)c(O)c1O. The molecule has 0 aliphatic rings. The van der Waals surface area contributed by atoms with Gasteiger partial charge in [-0.15, -0.1) is 0 Å². The van der Waals surface area contributed by atoms with Gasteiger partial charge >= 0.3 is 5.97 Å². The molecule has 5 N–H and O–H groups in total. The third kappa shape index (κ3) is 1.87. The summed E-state index contributed by atoms with van der Waals surface area (Å²) in [5, 5.41) is 46.2. The van der Waals surface area contributed by atoms with Crippen LogP contribution in [0.2, 0.25) is 0 Å². The molecule has 1 atom stereocenters. The van der Waals surface area contributed by atoms with Crippen molar-refractivity contribution in [3.05, 3.63) is 17.2 Å². The van der Waals surface area contributed by atoms with E-state index in [2.05, 4.69) is 0 Å². The van der Waals surface area contributed by atoms with Crippen molar-refractivity contribution in [2.45, 2.75) is 19.4 Å². The lowest BCUT2D eigenvalue weighted by atomic mass is 9.98. The molecule has 0 saturated heterocycles. The van der Waals surface area contributed by atoms with E-state index in [1.165, 1.54) is 0 Å². The Kier molecular flexibility index (Phi) is 3.24. The first-order valence-electron chi connectivity index (χ1n) is 4.59. The van der Waals surface area contributed by atoms with Crippen LogP contribution in [0.3, 0.4) is 0 Å². The lowest BCUT2D eigenvalue weighted by Crippen LogP contribution is -2.07. The second kappa shape index (κ2) is 4.28. The average Bonchev–Trinajstić information content (AvgIpc) is 2.24.